The van der Waals surface area contributed by atoms with Gasteiger partial charge in [0, 0.05) is 56.3 Å². The summed E-state index contributed by atoms with van der Waals surface area (Å²) in [6.07, 6.45) is 0. The highest BCUT2D eigenvalue weighted by Crippen LogP contribution is 2.29. The lowest BCUT2D eigenvalue weighted by atomic mass is 10.1. The number of piperazine rings is 1. The summed E-state index contributed by atoms with van der Waals surface area (Å²) in [7, 11) is 4.96. The van der Waals surface area contributed by atoms with Crippen LogP contribution >= 0.6 is 0 Å². The molecule has 1 aliphatic heterocycles. The Morgan fingerprint density at radius 3 is 2.48 bits per heavy atom. The molecule has 2 aromatic carbocycles. The van der Waals surface area contributed by atoms with E-state index in [4.69, 9.17) is 18.6 Å². The van der Waals surface area contributed by atoms with Gasteiger partial charge in [-0.15, -0.1) is 0 Å². The number of hydrogen-bond donors (Lipinski definition) is 0. The lowest BCUT2D eigenvalue weighted by Gasteiger charge is -2.34. The lowest BCUT2D eigenvalue weighted by molar-refractivity contribution is 0.0593. The zero-order chi connectivity index (χ0) is 21.8. The minimum Gasteiger partial charge on any atom is -0.497 e. The molecule has 1 aromatic heterocycles. The summed E-state index contributed by atoms with van der Waals surface area (Å²) in [5, 5.41) is 0.927. The number of benzene rings is 2. The van der Waals surface area contributed by atoms with Crippen LogP contribution in [0.3, 0.4) is 0 Å². The predicted molar refractivity (Wildman–Crippen MR) is 118 cm³/mol. The van der Waals surface area contributed by atoms with E-state index < -0.39 is 0 Å². The molecule has 0 saturated carbocycles. The summed E-state index contributed by atoms with van der Waals surface area (Å²) >= 11 is 0. The van der Waals surface area contributed by atoms with Crippen LogP contribution < -0.4 is 9.47 Å². The average molecular weight is 424 g/mol. The van der Waals surface area contributed by atoms with E-state index in [1.807, 2.05) is 47.4 Å². The van der Waals surface area contributed by atoms with Crippen LogP contribution in [0.25, 0.3) is 11.0 Å². The van der Waals surface area contributed by atoms with Crippen molar-refractivity contribution in [1.29, 1.82) is 0 Å². The van der Waals surface area contributed by atoms with Crippen molar-refractivity contribution in [3.05, 3.63) is 59.4 Å². The maximum atomic E-state index is 13.2. The Kier molecular flexibility index (Phi) is 6.44. The molecule has 0 bridgehead atoms. The van der Waals surface area contributed by atoms with Crippen molar-refractivity contribution < 1.29 is 23.4 Å². The van der Waals surface area contributed by atoms with E-state index in [0.29, 0.717) is 31.0 Å². The van der Waals surface area contributed by atoms with Crippen LogP contribution in [0.1, 0.15) is 21.7 Å². The minimum atomic E-state index is -0.0816. The molecule has 2 heterocycles. The summed E-state index contributed by atoms with van der Waals surface area (Å²) in [5.74, 6) is 1.94. The largest absolute Gasteiger partial charge is 0.497 e. The molecule has 1 aliphatic rings. The standard InChI is InChI=1S/C24H28N2O5/c1-28-16-20-19-6-4-5-7-22(19)31-23(20)24(27)26-12-10-25(11-13-26)15-17-14-18(29-2)8-9-21(17)30-3/h4-9,14H,10-13,15-16H2,1-3H3. The number of furan rings is 1. The van der Waals surface area contributed by atoms with E-state index in [9.17, 15) is 4.79 Å². The predicted octanol–water partition coefficient (Wildman–Crippen LogP) is 3.55. The molecule has 7 heteroatoms. The fourth-order valence-corrected chi connectivity index (χ4v) is 4.06. The van der Waals surface area contributed by atoms with Gasteiger partial charge in [-0.3, -0.25) is 9.69 Å². The van der Waals surface area contributed by atoms with Crippen molar-refractivity contribution in [2.24, 2.45) is 0 Å². The molecule has 1 fully saturated rings. The Balaban J connectivity index is 1.45. The number of carbonyl (C=O) groups is 1. The van der Waals surface area contributed by atoms with Gasteiger partial charge in [-0.25, -0.2) is 0 Å². The van der Waals surface area contributed by atoms with E-state index >= 15 is 0 Å². The van der Waals surface area contributed by atoms with E-state index in [1.54, 1.807) is 21.3 Å². The second kappa shape index (κ2) is 9.41. The van der Waals surface area contributed by atoms with Gasteiger partial charge in [0.2, 0.25) is 0 Å². The van der Waals surface area contributed by atoms with Crippen LogP contribution in [0.15, 0.2) is 46.9 Å². The first-order valence-electron chi connectivity index (χ1n) is 10.4. The quantitative estimate of drug-likeness (QED) is 0.578. The Bertz CT molecular complexity index is 1050. The van der Waals surface area contributed by atoms with Crippen molar-refractivity contribution in [1.82, 2.24) is 9.80 Å². The van der Waals surface area contributed by atoms with Crippen LogP contribution in [-0.2, 0) is 17.9 Å². The van der Waals surface area contributed by atoms with Gasteiger partial charge in [-0.2, -0.15) is 0 Å². The van der Waals surface area contributed by atoms with Gasteiger partial charge < -0.3 is 23.5 Å². The van der Waals surface area contributed by atoms with Crippen molar-refractivity contribution in [3.8, 4) is 11.5 Å². The van der Waals surface area contributed by atoms with E-state index in [1.165, 1.54) is 0 Å². The lowest BCUT2D eigenvalue weighted by Crippen LogP contribution is -2.48. The third kappa shape index (κ3) is 4.38. The normalized spacial score (nSPS) is 14.7. The Labute approximate surface area is 182 Å². The first kappa shape index (κ1) is 21.2. The van der Waals surface area contributed by atoms with Crippen molar-refractivity contribution in [2.45, 2.75) is 13.2 Å². The van der Waals surface area contributed by atoms with Gasteiger partial charge in [0.1, 0.15) is 17.1 Å². The second-order valence-corrected chi connectivity index (χ2v) is 7.59. The molecular formula is C24H28N2O5. The van der Waals surface area contributed by atoms with Crippen molar-refractivity contribution >= 4 is 16.9 Å². The number of rotatable bonds is 7. The highest BCUT2D eigenvalue weighted by atomic mass is 16.5. The van der Waals surface area contributed by atoms with Gasteiger partial charge >= 0.3 is 0 Å². The van der Waals surface area contributed by atoms with E-state index in [0.717, 1.165) is 47.6 Å². The molecule has 0 aliphatic carbocycles. The minimum absolute atomic E-state index is 0.0816. The molecule has 31 heavy (non-hydrogen) atoms. The molecule has 4 rings (SSSR count). The zero-order valence-electron chi connectivity index (χ0n) is 18.2. The van der Waals surface area contributed by atoms with Gasteiger partial charge in [0.25, 0.3) is 5.91 Å². The zero-order valence-corrected chi connectivity index (χ0v) is 18.2. The number of methoxy groups -OCH3 is 3. The SMILES string of the molecule is COCc1c(C(=O)N2CCN(Cc3cc(OC)ccc3OC)CC2)oc2ccccc12. The van der Waals surface area contributed by atoms with Crippen LogP contribution in [0.4, 0.5) is 0 Å². The third-order valence-electron chi connectivity index (χ3n) is 5.72. The fourth-order valence-electron chi connectivity index (χ4n) is 4.06. The smallest absolute Gasteiger partial charge is 0.290 e. The molecule has 0 N–H and O–H groups in total. The molecule has 0 radical (unpaired) electrons. The molecule has 0 unspecified atom stereocenters. The molecule has 1 saturated heterocycles. The molecule has 164 valence electrons. The van der Waals surface area contributed by atoms with Crippen molar-refractivity contribution in [3.63, 3.8) is 0 Å². The Hall–Kier alpha value is -3.03. The summed E-state index contributed by atoms with van der Waals surface area (Å²) in [5.41, 5.74) is 2.59. The maximum Gasteiger partial charge on any atom is 0.290 e. The number of amides is 1. The van der Waals surface area contributed by atoms with Crippen molar-refractivity contribution in [2.75, 3.05) is 47.5 Å². The Morgan fingerprint density at radius 1 is 1.00 bits per heavy atom. The first-order valence-corrected chi connectivity index (χ1v) is 10.4. The number of ether oxygens (including phenoxy) is 3. The number of para-hydroxylation sites is 1. The number of fused-ring (bicyclic) bond motifs is 1. The third-order valence-corrected chi connectivity index (χ3v) is 5.72. The molecule has 1 amide bonds. The maximum absolute atomic E-state index is 13.2. The molecule has 7 nitrogen and oxygen atoms in total. The van der Waals surface area contributed by atoms with Crippen LogP contribution in [-0.4, -0.2) is 63.2 Å². The topological polar surface area (TPSA) is 64.4 Å². The fraction of sp³-hybridized carbons (Fsp3) is 0.375. The van der Waals surface area contributed by atoms with Crippen LogP contribution in [0.5, 0.6) is 11.5 Å². The summed E-state index contributed by atoms with van der Waals surface area (Å²) in [6.45, 7) is 3.89. The van der Waals surface area contributed by atoms with Gasteiger partial charge in [0.05, 0.1) is 20.8 Å². The summed E-state index contributed by atoms with van der Waals surface area (Å²) < 4.78 is 22.1. The first-order chi connectivity index (χ1) is 15.1. The van der Waals surface area contributed by atoms with Gasteiger partial charge in [0.15, 0.2) is 5.76 Å². The monoisotopic (exact) mass is 424 g/mol. The van der Waals surface area contributed by atoms with E-state index in [-0.39, 0.29) is 5.91 Å². The summed E-state index contributed by atoms with van der Waals surface area (Å²) in [4.78, 5) is 17.4. The van der Waals surface area contributed by atoms with Crippen LogP contribution in [0.2, 0.25) is 0 Å². The molecule has 3 aromatic rings. The number of nitrogens with zero attached hydrogens (tertiary/aromatic N) is 2. The van der Waals surface area contributed by atoms with Gasteiger partial charge in [-0.1, -0.05) is 18.2 Å². The highest BCUT2D eigenvalue weighted by Gasteiger charge is 2.28. The summed E-state index contributed by atoms with van der Waals surface area (Å²) in [6, 6.07) is 13.5. The average Bonchev–Trinajstić information content (AvgIpc) is 3.18. The second-order valence-electron chi connectivity index (χ2n) is 7.59. The van der Waals surface area contributed by atoms with Gasteiger partial charge in [-0.05, 0) is 24.3 Å². The number of hydrogen-bond acceptors (Lipinski definition) is 6. The number of carbonyl (C=O) groups excluding carboxylic acids is 1. The molecule has 0 spiro atoms. The Morgan fingerprint density at radius 2 is 1.77 bits per heavy atom. The molecule has 0 atom stereocenters. The highest BCUT2D eigenvalue weighted by molar-refractivity contribution is 5.99. The van der Waals surface area contributed by atoms with E-state index in [2.05, 4.69) is 4.90 Å². The van der Waals surface area contributed by atoms with Crippen LogP contribution in [0, 0.1) is 0 Å². The molecular weight excluding hydrogens is 396 g/mol.